The third kappa shape index (κ3) is 28.5. The van der Waals surface area contributed by atoms with E-state index in [-0.39, 0.29) is 88.5 Å². The number of hydrogen-bond donors (Lipinski definition) is 4. The number of carbonyl (C=O) groups is 1. The van der Waals surface area contributed by atoms with Crippen molar-refractivity contribution in [2.45, 2.75) is 46.5 Å². The van der Waals surface area contributed by atoms with E-state index < -0.39 is 0 Å². The first-order valence-electron chi connectivity index (χ1n) is 5.55. The molecule has 1 aliphatic carbocycles. The molecular weight excluding hydrogens is 346 g/mol. The second-order valence-corrected chi connectivity index (χ2v) is 4.51. The summed E-state index contributed by atoms with van der Waals surface area (Å²) in [6.45, 7) is 9.11. The zero-order chi connectivity index (χ0) is 14.3. The van der Waals surface area contributed by atoms with Gasteiger partial charge in [-0.05, 0) is 30.6 Å². The van der Waals surface area contributed by atoms with Crippen molar-refractivity contribution in [3.63, 3.8) is 0 Å². The van der Waals surface area contributed by atoms with Crippen LogP contribution >= 0.6 is 12.3 Å². The second kappa shape index (κ2) is 33.1. The molecule has 0 heterocycles. The molecule has 5 nitrogen and oxygen atoms in total. The Bertz CT molecular complexity index is 142. The van der Waals surface area contributed by atoms with Gasteiger partial charge >= 0.3 is 59.1 Å². The van der Waals surface area contributed by atoms with Crippen LogP contribution in [0.1, 0.15) is 46.5 Å². The van der Waals surface area contributed by atoms with E-state index in [9.17, 15) is 0 Å². The summed E-state index contributed by atoms with van der Waals surface area (Å²) in [7, 11) is 0. The molecule has 0 saturated heterocycles. The first kappa shape index (κ1) is 38.1. The molecule has 0 aromatic heterocycles. The standard InChI is InChI=1S/C10H20.CH2O.Fe.2Na.H2O2S.H2O2.2H/c1-8(2)10-6-4-9(3)5-7-10;1-2;;;;1-3-2;1-2;;/h8-10H,4-7H2,1-3H3;1H2;;;;1-2H;1-2H;;. The minimum atomic E-state index is -0.250. The molecule has 0 radical (unpaired) electrons. The number of hydrogen-bond acceptors (Lipinski definition) is 6. The van der Waals surface area contributed by atoms with E-state index in [1.54, 1.807) is 0 Å². The van der Waals surface area contributed by atoms with E-state index in [1.165, 1.54) is 25.7 Å². The van der Waals surface area contributed by atoms with Crippen molar-refractivity contribution in [2.24, 2.45) is 17.8 Å². The van der Waals surface area contributed by atoms with Gasteiger partial charge in [0.25, 0.3) is 0 Å². The average Bonchev–Trinajstić information content (AvgIpc) is 2.36. The number of rotatable bonds is 1. The predicted octanol–water partition coefficient (Wildman–Crippen LogP) is 2.67. The summed E-state index contributed by atoms with van der Waals surface area (Å²) in [6.07, 6.45) is 5.92. The summed E-state index contributed by atoms with van der Waals surface area (Å²) < 4.78 is 14.1. The Balaban J connectivity index is -0.0000000430. The van der Waals surface area contributed by atoms with Crippen LogP contribution in [-0.4, -0.2) is 85.5 Å². The van der Waals surface area contributed by atoms with Gasteiger partial charge in [0.05, 0.1) is 0 Å². The molecule has 1 rings (SSSR count). The average molecular weight is 374 g/mol. The van der Waals surface area contributed by atoms with Gasteiger partial charge < -0.3 is 13.9 Å². The molecule has 0 bridgehead atoms. The fourth-order valence-corrected chi connectivity index (χ4v) is 1.95. The molecule has 0 unspecified atom stereocenters. The number of carbonyl (C=O) groups excluding carboxylic acids is 1. The van der Waals surface area contributed by atoms with E-state index >= 15 is 0 Å². The molecule has 0 spiro atoms. The molecular formula is C11H28FeNa2O5S. The predicted molar refractivity (Wildman–Crippen MR) is 85.5 cm³/mol. The van der Waals surface area contributed by atoms with Gasteiger partial charge in [-0.2, -0.15) is 0 Å². The van der Waals surface area contributed by atoms with Crippen molar-refractivity contribution < 1.29 is 41.5 Å². The quantitative estimate of drug-likeness (QED) is 0.244. The zero-order valence-corrected chi connectivity index (χ0v) is 13.1. The summed E-state index contributed by atoms with van der Waals surface area (Å²) >= 11 is -0.250. The maximum atomic E-state index is 8.00. The zero-order valence-electron chi connectivity index (χ0n) is 11.2. The van der Waals surface area contributed by atoms with E-state index in [0.29, 0.717) is 0 Å². The van der Waals surface area contributed by atoms with Crippen LogP contribution in [0.3, 0.4) is 0 Å². The van der Waals surface area contributed by atoms with Crippen LogP contribution in [0.15, 0.2) is 0 Å². The van der Waals surface area contributed by atoms with Gasteiger partial charge in [0, 0.05) is 17.1 Å². The van der Waals surface area contributed by atoms with Gasteiger partial charge in [-0.15, -0.1) is 0 Å². The van der Waals surface area contributed by atoms with Crippen LogP contribution in [0.5, 0.6) is 0 Å². The van der Waals surface area contributed by atoms with Crippen LogP contribution < -0.4 is 0 Å². The van der Waals surface area contributed by atoms with Gasteiger partial charge in [-0.3, -0.25) is 10.5 Å². The Labute approximate surface area is 182 Å². The summed E-state index contributed by atoms with van der Waals surface area (Å²) in [4.78, 5) is 8.00. The Morgan fingerprint density at radius 3 is 1.45 bits per heavy atom. The fourth-order valence-electron chi connectivity index (χ4n) is 1.95. The van der Waals surface area contributed by atoms with E-state index in [2.05, 4.69) is 20.8 Å². The minimum absolute atomic E-state index is 0. The van der Waals surface area contributed by atoms with Crippen molar-refractivity contribution in [3.8, 4) is 0 Å². The van der Waals surface area contributed by atoms with E-state index in [4.69, 9.17) is 24.4 Å². The molecule has 0 amide bonds. The molecule has 118 valence electrons. The molecule has 0 aliphatic heterocycles. The molecule has 1 aliphatic rings. The summed E-state index contributed by atoms with van der Waals surface area (Å²) in [5, 5.41) is 12.0. The summed E-state index contributed by atoms with van der Waals surface area (Å²) in [5.74, 6) is 2.97. The third-order valence-corrected chi connectivity index (χ3v) is 3.00. The van der Waals surface area contributed by atoms with Crippen LogP contribution in [0.4, 0.5) is 0 Å². The van der Waals surface area contributed by atoms with E-state index in [1.807, 2.05) is 6.79 Å². The molecule has 1 saturated carbocycles. The molecule has 0 aromatic carbocycles. The van der Waals surface area contributed by atoms with Crippen molar-refractivity contribution >= 4 is 78.2 Å². The first-order valence-corrected chi connectivity index (χ1v) is 6.28. The molecule has 9 heteroatoms. The van der Waals surface area contributed by atoms with Gasteiger partial charge in [0.15, 0.2) is 12.3 Å². The van der Waals surface area contributed by atoms with Crippen LogP contribution in [0, 0.1) is 17.8 Å². The SMILES string of the molecule is C=O.CC1CCC(C(C)C)CC1.OO.OSO.[Fe].[NaH].[NaH]. The van der Waals surface area contributed by atoms with Crippen LogP contribution in [0.25, 0.3) is 0 Å². The third-order valence-electron chi connectivity index (χ3n) is 3.00. The molecule has 1 fully saturated rings. The summed E-state index contributed by atoms with van der Waals surface area (Å²) in [6, 6.07) is 0. The Morgan fingerprint density at radius 2 is 1.25 bits per heavy atom. The molecule has 4 N–H and O–H groups in total. The van der Waals surface area contributed by atoms with Crippen molar-refractivity contribution in [2.75, 3.05) is 0 Å². The Kier molecular flexibility index (Phi) is 63.1. The van der Waals surface area contributed by atoms with E-state index in [0.717, 1.165) is 17.8 Å². The molecule has 0 atom stereocenters. The van der Waals surface area contributed by atoms with Gasteiger partial charge in [-0.1, -0.05) is 33.6 Å². The monoisotopic (exact) mass is 374 g/mol. The molecule has 0 aromatic rings. The van der Waals surface area contributed by atoms with Crippen molar-refractivity contribution in [1.29, 1.82) is 0 Å². The van der Waals surface area contributed by atoms with Gasteiger partial charge in [0.1, 0.15) is 6.79 Å². The summed E-state index contributed by atoms with van der Waals surface area (Å²) in [5.41, 5.74) is 0. The van der Waals surface area contributed by atoms with Crippen LogP contribution in [-0.2, 0) is 21.9 Å². The van der Waals surface area contributed by atoms with Crippen molar-refractivity contribution in [1.82, 2.24) is 0 Å². The Morgan fingerprint density at radius 1 is 1.00 bits per heavy atom. The maximum absolute atomic E-state index is 8.00. The Hall–Kier alpha value is 2.38. The van der Waals surface area contributed by atoms with Gasteiger partial charge in [-0.25, -0.2) is 0 Å². The van der Waals surface area contributed by atoms with Crippen molar-refractivity contribution in [3.05, 3.63) is 0 Å². The second-order valence-electron chi connectivity index (χ2n) is 4.35. The fraction of sp³-hybridized carbons (Fsp3) is 0.909. The first-order chi connectivity index (χ1) is 8.11. The molecule has 20 heavy (non-hydrogen) atoms. The van der Waals surface area contributed by atoms with Crippen LogP contribution in [0.2, 0.25) is 0 Å². The normalized spacial score (nSPS) is 18.8. The van der Waals surface area contributed by atoms with Gasteiger partial charge in [0.2, 0.25) is 0 Å². The topological polar surface area (TPSA) is 98.0 Å².